The third-order valence-electron chi connectivity index (χ3n) is 4.09. The lowest BCUT2D eigenvalue weighted by Gasteiger charge is -2.14. The van der Waals surface area contributed by atoms with Crippen molar-refractivity contribution in [3.8, 4) is 23.0 Å². The third kappa shape index (κ3) is 6.04. The Kier molecular flexibility index (Phi) is 7.91. The Hall–Kier alpha value is -2.97. The minimum absolute atomic E-state index is 0.0277. The number of carbonyl (C=O) groups is 1. The van der Waals surface area contributed by atoms with Gasteiger partial charge in [0.05, 0.1) is 19.8 Å². The number of carbonyl (C=O) groups excluding carboxylic acids is 1. The maximum atomic E-state index is 11.2. The lowest BCUT2D eigenvalue weighted by molar-refractivity contribution is 0.0994. The molecular formula is C20H26N2O6. The summed E-state index contributed by atoms with van der Waals surface area (Å²) >= 11 is 0. The van der Waals surface area contributed by atoms with Crippen molar-refractivity contribution >= 4 is 5.91 Å². The number of aromatic hydroxyl groups is 1. The number of hydrogen-bond acceptors (Lipinski definition) is 7. The third-order valence-corrected chi connectivity index (χ3v) is 4.09. The number of primary amides is 1. The normalized spacial score (nSPS) is 11.7. The van der Waals surface area contributed by atoms with E-state index in [-0.39, 0.29) is 17.9 Å². The van der Waals surface area contributed by atoms with Gasteiger partial charge in [-0.25, -0.2) is 0 Å². The number of amides is 1. The molecule has 2 aromatic carbocycles. The first-order valence-electron chi connectivity index (χ1n) is 8.80. The van der Waals surface area contributed by atoms with Gasteiger partial charge in [-0.05, 0) is 48.9 Å². The average Bonchev–Trinajstić information content (AvgIpc) is 2.70. The van der Waals surface area contributed by atoms with Crippen LogP contribution in [0, 0.1) is 0 Å². The van der Waals surface area contributed by atoms with Crippen LogP contribution in [-0.4, -0.2) is 56.1 Å². The maximum Gasteiger partial charge on any atom is 0.252 e. The summed E-state index contributed by atoms with van der Waals surface area (Å²) in [6, 6.07) is 9.90. The van der Waals surface area contributed by atoms with E-state index in [1.54, 1.807) is 14.2 Å². The summed E-state index contributed by atoms with van der Waals surface area (Å²) in [7, 11) is 3.19. The molecule has 0 saturated heterocycles. The second kappa shape index (κ2) is 10.4. The fraction of sp³-hybridized carbons (Fsp3) is 0.350. The summed E-state index contributed by atoms with van der Waals surface area (Å²) < 4.78 is 15.9. The van der Waals surface area contributed by atoms with Gasteiger partial charge in [0.1, 0.15) is 24.2 Å². The first-order chi connectivity index (χ1) is 13.4. The van der Waals surface area contributed by atoms with E-state index < -0.39 is 12.0 Å². The zero-order valence-corrected chi connectivity index (χ0v) is 16.0. The van der Waals surface area contributed by atoms with Gasteiger partial charge in [-0.2, -0.15) is 0 Å². The molecule has 0 aliphatic carbocycles. The van der Waals surface area contributed by atoms with Gasteiger partial charge in [-0.1, -0.05) is 6.07 Å². The van der Waals surface area contributed by atoms with Gasteiger partial charge < -0.3 is 35.5 Å². The van der Waals surface area contributed by atoms with Gasteiger partial charge in [0, 0.05) is 6.54 Å². The van der Waals surface area contributed by atoms with E-state index in [9.17, 15) is 15.0 Å². The zero-order chi connectivity index (χ0) is 20.5. The number of hydrogen-bond donors (Lipinski definition) is 4. The molecule has 8 heteroatoms. The van der Waals surface area contributed by atoms with E-state index in [2.05, 4.69) is 5.32 Å². The second-order valence-electron chi connectivity index (χ2n) is 6.15. The number of methoxy groups -OCH3 is 2. The van der Waals surface area contributed by atoms with Crippen LogP contribution in [0.2, 0.25) is 0 Å². The molecule has 0 bridgehead atoms. The molecule has 28 heavy (non-hydrogen) atoms. The van der Waals surface area contributed by atoms with Crippen LogP contribution >= 0.6 is 0 Å². The molecule has 0 saturated carbocycles. The van der Waals surface area contributed by atoms with Gasteiger partial charge in [0.2, 0.25) is 0 Å². The van der Waals surface area contributed by atoms with Crippen molar-refractivity contribution in [1.82, 2.24) is 5.32 Å². The van der Waals surface area contributed by atoms with Gasteiger partial charge in [-0.15, -0.1) is 0 Å². The summed E-state index contributed by atoms with van der Waals surface area (Å²) in [6.45, 7) is 1.04. The summed E-state index contributed by atoms with van der Waals surface area (Å²) in [5.74, 6) is 0.742. The second-order valence-corrected chi connectivity index (χ2v) is 6.15. The topological polar surface area (TPSA) is 123 Å². The highest BCUT2D eigenvalue weighted by Gasteiger charge is 2.11. The molecule has 0 spiro atoms. The van der Waals surface area contributed by atoms with E-state index in [0.29, 0.717) is 30.3 Å². The molecule has 0 fully saturated rings. The van der Waals surface area contributed by atoms with Crippen LogP contribution in [0.25, 0.3) is 0 Å². The summed E-state index contributed by atoms with van der Waals surface area (Å²) in [5, 5.41) is 22.7. The first kappa shape index (κ1) is 21.3. The summed E-state index contributed by atoms with van der Waals surface area (Å²) in [4.78, 5) is 11.2. The van der Waals surface area contributed by atoms with Crippen LogP contribution in [0.5, 0.6) is 23.0 Å². The predicted octanol–water partition coefficient (Wildman–Crippen LogP) is 1.08. The largest absolute Gasteiger partial charge is 0.507 e. The van der Waals surface area contributed by atoms with E-state index in [1.165, 1.54) is 18.2 Å². The van der Waals surface area contributed by atoms with Crippen LogP contribution in [0.3, 0.4) is 0 Å². The standard InChI is InChI=1S/C20H26N2O6/c1-26-18-6-3-13(9-19(18)27-2)7-8-22-11-14(23)12-28-15-4-5-17(24)16(10-15)20(21)25/h3-6,9-10,14,22-24H,7-8,11-12H2,1-2H3,(H2,21,25). The minimum Gasteiger partial charge on any atom is -0.507 e. The van der Waals surface area contributed by atoms with Crippen molar-refractivity contribution in [3.63, 3.8) is 0 Å². The smallest absolute Gasteiger partial charge is 0.252 e. The number of phenols is 1. The Balaban J connectivity index is 1.74. The molecule has 0 aromatic heterocycles. The molecule has 0 radical (unpaired) electrons. The number of aliphatic hydroxyl groups is 1. The lowest BCUT2D eigenvalue weighted by atomic mass is 10.1. The molecule has 1 amide bonds. The van der Waals surface area contributed by atoms with Crippen LogP contribution in [0.1, 0.15) is 15.9 Å². The van der Waals surface area contributed by atoms with E-state index in [1.807, 2.05) is 18.2 Å². The average molecular weight is 390 g/mol. The monoisotopic (exact) mass is 390 g/mol. The lowest BCUT2D eigenvalue weighted by Crippen LogP contribution is -2.32. The highest BCUT2D eigenvalue weighted by molar-refractivity contribution is 5.95. The molecule has 5 N–H and O–H groups in total. The molecule has 0 heterocycles. The molecular weight excluding hydrogens is 364 g/mol. The Morgan fingerprint density at radius 3 is 2.57 bits per heavy atom. The Bertz CT molecular complexity index is 796. The SMILES string of the molecule is COc1ccc(CCNCC(O)COc2ccc(O)c(C(N)=O)c2)cc1OC. The molecule has 8 nitrogen and oxygen atoms in total. The Morgan fingerprint density at radius 1 is 1.14 bits per heavy atom. The Morgan fingerprint density at radius 2 is 1.89 bits per heavy atom. The number of nitrogens with one attached hydrogen (secondary N) is 1. The molecule has 2 aromatic rings. The fourth-order valence-corrected chi connectivity index (χ4v) is 2.59. The number of aliphatic hydroxyl groups excluding tert-OH is 1. The summed E-state index contributed by atoms with van der Waals surface area (Å²) in [6.07, 6.45) is 0.0182. The highest BCUT2D eigenvalue weighted by atomic mass is 16.5. The Labute approximate surface area is 163 Å². The van der Waals surface area contributed by atoms with Gasteiger partial charge in [-0.3, -0.25) is 4.79 Å². The maximum absolute atomic E-state index is 11.2. The zero-order valence-electron chi connectivity index (χ0n) is 16.0. The molecule has 152 valence electrons. The van der Waals surface area contributed by atoms with E-state index >= 15 is 0 Å². The van der Waals surface area contributed by atoms with Crippen molar-refractivity contribution < 1.29 is 29.2 Å². The number of benzene rings is 2. The number of rotatable bonds is 11. The van der Waals surface area contributed by atoms with Crippen LogP contribution in [0.15, 0.2) is 36.4 Å². The summed E-state index contributed by atoms with van der Waals surface area (Å²) in [5.41, 5.74) is 6.23. The van der Waals surface area contributed by atoms with Crippen molar-refractivity contribution in [2.45, 2.75) is 12.5 Å². The molecule has 1 atom stereocenters. The number of ether oxygens (including phenoxy) is 3. The van der Waals surface area contributed by atoms with E-state index in [0.717, 1.165) is 12.0 Å². The van der Waals surface area contributed by atoms with Crippen molar-refractivity contribution in [3.05, 3.63) is 47.5 Å². The van der Waals surface area contributed by atoms with Crippen LogP contribution < -0.4 is 25.3 Å². The van der Waals surface area contributed by atoms with Crippen LogP contribution in [-0.2, 0) is 6.42 Å². The van der Waals surface area contributed by atoms with Crippen molar-refractivity contribution in [2.24, 2.45) is 5.73 Å². The highest BCUT2D eigenvalue weighted by Crippen LogP contribution is 2.27. The molecule has 2 rings (SSSR count). The van der Waals surface area contributed by atoms with Crippen LogP contribution in [0.4, 0.5) is 0 Å². The van der Waals surface area contributed by atoms with Crippen molar-refractivity contribution in [1.29, 1.82) is 0 Å². The fourth-order valence-electron chi connectivity index (χ4n) is 2.59. The molecule has 0 aliphatic rings. The predicted molar refractivity (Wildman–Crippen MR) is 104 cm³/mol. The number of nitrogens with two attached hydrogens (primary N) is 1. The first-order valence-corrected chi connectivity index (χ1v) is 8.80. The quantitative estimate of drug-likeness (QED) is 0.423. The van der Waals surface area contributed by atoms with Gasteiger partial charge >= 0.3 is 0 Å². The van der Waals surface area contributed by atoms with Gasteiger partial charge in [0.15, 0.2) is 11.5 Å². The molecule has 1 unspecified atom stereocenters. The van der Waals surface area contributed by atoms with Gasteiger partial charge in [0.25, 0.3) is 5.91 Å². The van der Waals surface area contributed by atoms with E-state index in [4.69, 9.17) is 19.9 Å². The van der Waals surface area contributed by atoms with Crippen molar-refractivity contribution in [2.75, 3.05) is 33.9 Å². The minimum atomic E-state index is -0.750. The molecule has 0 aliphatic heterocycles.